The average Bonchev–Trinajstić information content (AvgIpc) is 3.48. The maximum absolute atomic E-state index is 13.4. The van der Waals surface area contributed by atoms with Crippen molar-refractivity contribution < 1.29 is 19.1 Å². The van der Waals surface area contributed by atoms with Gasteiger partial charge in [-0.2, -0.15) is 0 Å². The van der Waals surface area contributed by atoms with Crippen LogP contribution in [-0.2, 0) is 20.9 Å². The van der Waals surface area contributed by atoms with Crippen molar-refractivity contribution in [2.75, 3.05) is 6.61 Å². The van der Waals surface area contributed by atoms with Crippen molar-refractivity contribution >= 4 is 23.3 Å². The number of ether oxygens (including phenoxy) is 2. The molecule has 4 rings (SSSR count). The van der Waals surface area contributed by atoms with Gasteiger partial charge in [0.25, 0.3) is 5.91 Å². The van der Waals surface area contributed by atoms with Crippen LogP contribution >= 0.6 is 0 Å². The van der Waals surface area contributed by atoms with Crippen molar-refractivity contribution in [3.8, 4) is 5.75 Å². The normalized spacial score (nSPS) is 16.6. The Morgan fingerprint density at radius 1 is 1.08 bits per heavy atom. The van der Waals surface area contributed by atoms with E-state index in [1.54, 1.807) is 20.8 Å². The third-order valence-corrected chi connectivity index (χ3v) is 7.45. The number of amides is 1. The third-order valence-electron chi connectivity index (χ3n) is 7.45. The topological polar surface area (TPSA) is 68.2 Å². The van der Waals surface area contributed by atoms with Crippen LogP contribution in [0.3, 0.4) is 0 Å². The first-order valence-corrected chi connectivity index (χ1v) is 13.8. The van der Waals surface area contributed by atoms with Crippen molar-refractivity contribution in [1.29, 1.82) is 0 Å². The van der Waals surface area contributed by atoms with E-state index in [1.165, 1.54) is 0 Å². The van der Waals surface area contributed by atoms with Gasteiger partial charge in [-0.25, -0.2) is 4.79 Å². The van der Waals surface area contributed by atoms with E-state index in [1.807, 2.05) is 41.3 Å². The summed E-state index contributed by atoms with van der Waals surface area (Å²) in [5.74, 6) is 1.30. The van der Waals surface area contributed by atoms with E-state index < -0.39 is 17.1 Å². The maximum Gasteiger partial charge on any atom is 0.349 e. The fourth-order valence-corrected chi connectivity index (χ4v) is 5.25. The molecule has 0 unspecified atom stereocenters. The molecule has 2 aromatic rings. The quantitative estimate of drug-likeness (QED) is 0.311. The zero-order valence-electron chi connectivity index (χ0n) is 23.2. The molecule has 1 saturated carbocycles. The van der Waals surface area contributed by atoms with E-state index in [2.05, 4.69) is 25.6 Å². The predicted octanol–water partition coefficient (Wildman–Crippen LogP) is 6.71. The Hall–Kier alpha value is -3.41. The number of esters is 1. The minimum absolute atomic E-state index is 0.178. The number of carbonyl (C=O) groups excluding carboxylic acids is 2. The highest BCUT2D eigenvalue weighted by Gasteiger charge is 2.49. The first-order chi connectivity index (χ1) is 18.2. The first kappa shape index (κ1) is 27.6. The maximum atomic E-state index is 13.4. The van der Waals surface area contributed by atoms with Crippen LogP contribution in [-0.4, -0.2) is 40.4 Å². The molecule has 38 heavy (non-hydrogen) atoms. The molecule has 1 amide bonds. The zero-order valence-corrected chi connectivity index (χ0v) is 23.2. The summed E-state index contributed by atoms with van der Waals surface area (Å²) in [6.45, 7) is 12.5. The predicted molar refractivity (Wildman–Crippen MR) is 151 cm³/mol. The van der Waals surface area contributed by atoms with Gasteiger partial charge in [-0.3, -0.25) is 14.7 Å². The molecule has 0 aromatic heterocycles. The molecule has 6 nitrogen and oxygen atoms in total. The summed E-state index contributed by atoms with van der Waals surface area (Å²) in [4.78, 5) is 32.6. The van der Waals surface area contributed by atoms with Gasteiger partial charge in [0.05, 0.1) is 13.2 Å². The fourth-order valence-electron chi connectivity index (χ4n) is 5.25. The summed E-state index contributed by atoms with van der Waals surface area (Å²) in [5, 5.41) is 0. The number of carbonyl (C=O) groups is 2. The Bertz CT molecular complexity index is 1210. The molecule has 0 atom stereocenters. The molecule has 1 aliphatic carbocycles. The monoisotopic (exact) mass is 516 g/mol. The van der Waals surface area contributed by atoms with Gasteiger partial charge < -0.3 is 9.47 Å². The standard InChI is InChI=1S/C32H40N2O4/c1-6-8-14-28-33-32(19-9-10-20-32)29(35)34(28)22-24-15-17-25(18-16-24)23(3)26-12-11-13-27(21-26)38-31(4,5)30(36)37-7-2/h11-13,15-18,21H,3,6-10,14,19-20,22H2,1-2,4-5H3. The second kappa shape index (κ2) is 11.5. The van der Waals surface area contributed by atoms with Crippen molar-refractivity contribution in [2.45, 2.75) is 90.3 Å². The average molecular weight is 517 g/mol. The van der Waals surface area contributed by atoms with Crippen molar-refractivity contribution in [3.63, 3.8) is 0 Å². The zero-order chi connectivity index (χ0) is 27.3. The lowest BCUT2D eigenvalue weighted by Crippen LogP contribution is -2.40. The number of rotatable bonds is 11. The number of hydrogen-bond acceptors (Lipinski definition) is 5. The molecule has 2 aromatic carbocycles. The van der Waals surface area contributed by atoms with Crippen molar-refractivity contribution in [3.05, 3.63) is 71.8 Å². The Labute approximate surface area is 226 Å². The lowest BCUT2D eigenvalue weighted by molar-refractivity contribution is -0.158. The fraction of sp³-hybridized carbons (Fsp3) is 0.469. The highest BCUT2D eigenvalue weighted by Crippen LogP contribution is 2.40. The van der Waals surface area contributed by atoms with Crippen LogP contribution in [0.25, 0.3) is 5.57 Å². The molecule has 1 fully saturated rings. The van der Waals surface area contributed by atoms with Gasteiger partial charge in [-0.1, -0.05) is 69.2 Å². The molecule has 1 heterocycles. The highest BCUT2D eigenvalue weighted by atomic mass is 16.6. The molecule has 0 N–H and O–H groups in total. The number of aliphatic imine (C=N–C) groups is 1. The molecule has 0 bridgehead atoms. The smallest absolute Gasteiger partial charge is 0.349 e. The van der Waals surface area contributed by atoms with Crippen molar-refractivity contribution in [2.24, 2.45) is 4.99 Å². The molecule has 6 heteroatoms. The van der Waals surface area contributed by atoms with E-state index in [0.29, 0.717) is 18.9 Å². The molecule has 1 aliphatic heterocycles. The van der Waals surface area contributed by atoms with E-state index in [-0.39, 0.29) is 5.91 Å². The van der Waals surface area contributed by atoms with E-state index in [4.69, 9.17) is 14.5 Å². The van der Waals surface area contributed by atoms with Crippen LogP contribution < -0.4 is 4.74 Å². The number of unbranched alkanes of at least 4 members (excludes halogenated alkanes) is 1. The second-order valence-corrected chi connectivity index (χ2v) is 10.8. The van der Waals surface area contributed by atoms with Crippen LogP contribution in [0, 0.1) is 0 Å². The molecule has 1 spiro atoms. The minimum atomic E-state index is -1.10. The number of hydrogen-bond donors (Lipinski definition) is 0. The highest BCUT2D eigenvalue weighted by molar-refractivity contribution is 6.08. The lowest BCUT2D eigenvalue weighted by Gasteiger charge is -2.24. The summed E-state index contributed by atoms with van der Waals surface area (Å²) < 4.78 is 11.1. The molecule has 0 radical (unpaired) electrons. The van der Waals surface area contributed by atoms with Crippen LogP contribution in [0.5, 0.6) is 5.75 Å². The Morgan fingerprint density at radius 3 is 2.45 bits per heavy atom. The summed E-state index contributed by atoms with van der Waals surface area (Å²) >= 11 is 0. The summed E-state index contributed by atoms with van der Waals surface area (Å²) in [6, 6.07) is 15.8. The van der Waals surface area contributed by atoms with E-state index in [0.717, 1.165) is 73.0 Å². The Kier molecular flexibility index (Phi) is 8.39. The Morgan fingerprint density at radius 2 is 1.79 bits per heavy atom. The van der Waals surface area contributed by atoms with Crippen LogP contribution in [0.4, 0.5) is 0 Å². The van der Waals surface area contributed by atoms with Crippen LogP contribution in [0.15, 0.2) is 60.1 Å². The number of nitrogens with zero attached hydrogens (tertiary/aromatic N) is 2. The van der Waals surface area contributed by atoms with Gasteiger partial charge in [-0.05, 0) is 74.4 Å². The largest absolute Gasteiger partial charge is 0.476 e. The van der Waals surface area contributed by atoms with Gasteiger partial charge >= 0.3 is 5.97 Å². The molecular formula is C32H40N2O4. The van der Waals surface area contributed by atoms with Gasteiger partial charge in [0, 0.05) is 6.42 Å². The van der Waals surface area contributed by atoms with Gasteiger partial charge in [0.1, 0.15) is 17.1 Å². The van der Waals surface area contributed by atoms with E-state index >= 15 is 0 Å². The number of benzene rings is 2. The SMILES string of the molecule is C=C(c1ccc(CN2C(=O)C3(CCCC3)N=C2CCCC)cc1)c1cccc(OC(C)(C)C(=O)OCC)c1. The molecular weight excluding hydrogens is 476 g/mol. The summed E-state index contributed by atoms with van der Waals surface area (Å²) in [6.07, 6.45) is 6.87. The van der Waals surface area contributed by atoms with Crippen molar-refractivity contribution in [1.82, 2.24) is 4.90 Å². The van der Waals surface area contributed by atoms with Gasteiger partial charge in [0.15, 0.2) is 5.60 Å². The van der Waals surface area contributed by atoms with Crippen LogP contribution in [0.2, 0.25) is 0 Å². The summed E-state index contributed by atoms with van der Waals surface area (Å²) in [5.41, 5.74) is 2.20. The van der Waals surface area contributed by atoms with Gasteiger partial charge in [-0.15, -0.1) is 0 Å². The Balaban J connectivity index is 1.46. The van der Waals surface area contributed by atoms with Crippen LogP contribution in [0.1, 0.15) is 89.3 Å². The lowest BCUT2D eigenvalue weighted by atomic mass is 9.97. The van der Waals surface area contributed by atoms with E-state index in [9.17, 15) is 9.59 Å². The number of amidine groups is 1. The first-order valence-electron chi connectivity index (χ1n) is 13.8. The summed E-state index contributed by atoms with van der Waals surface area (Å²) in [7, 11) is 0. The minimum Gasteiger partial charge on any atom is -0.476 e. The second-order valence-electron chi connectivity index (χ2n) is 10.8. The third kappa shape index (κ3) is 5.85. The molecule has 0 saturated heterocycles. The van der Waals surface area contributed by atoms with Gasteiger partial charge in [0.2, 0.25) is 0 Å². The molecule has 2 aliphatic rings. The molecule has 202 valence electrons.